The molecule has 210 valence electrons. The molecule has 39 heavy (non-hydrogen) atoms. The summed E-state index contributed by atoms with van der Waals surface area (Å²) in [6.45, 7) is 9.79. The first kappa shape index (κ1) is 27.6. The quantitative estimate of drug-likeness (QED) is 0.344. The molecule has 5 heterocycles. The monoisotopic (exact) mass is 536 g/mol. The first-order chi connectivity index (χ1) is 18.7. The highest BCUT2D eigenvalue weighted by molar-refractivity contribution is 5.87. The van der Waals surface area contributed by atoms with Gasteiger partial charge in [0.25, 0.3) is 0 Å². The fourth-order valence-corrected chi connectivity index (χ4v) is 6.86. The molecule has 0 spiro atoms. The molecule has 2 aromatic rings. The van der Waals surface area contributed by atoms with Gasteiger partial charge >= 0.3 is 11.9 Å². The summed E-state index contributed by atoms with van der Waals surface area (Å²) < 4.78 is 23.5. The number of rotatable bonds is 8. The van der Waals surface area contributed by atoms with Crippen molar-refractivity contribution >= 4 is 22.8 Å². The van der Waals surface area contributed by atoms with E-state index in [0.717, 1.165) is 55.2 Å². The maximum atomic E-state index is 14.2. The molecule has 4 saturated heterocycles. The van der Waals surface area contributed by atoms with E-state index < -0.39 is 29.2 Å². The van der Waals surface area contributed by atoms with Crippen LogP contribution in [0, 0.1) is 11.8 Å². The number of hydrogen-bond donors (Lipinski definition) is 0. The maximum absolute atomic E-state index is 14.2. The molecule has 4 aliphatic heterocycles. The van der Waals surface area contributed by atoms with E-state index in [9.17, 15) is 9.59 Å². The molecule has 0 N–H and O–H groups in total. The highest BCUT2D eigenvalue weighted by Gasteiger charge is 2.52. The first-order valence-electron chi connectivity index (χ1n) is 14.0. The third-order valence-corrected chi connectivity index (χ3v) is 8.89. The highest BCUT2D eigenvalue weighted by Crippen LogP contribution is 2.46. The number of carbonyl (C=O) groups excluding carboxylic acids is 2. The molecule has 2 bridgehead atoms. The van der Waals surface area contributed by atoms with Crippen molar-refractivity contribution in [1.82, 2.24) is 9.88 Å². The normalized spacial score (nSPS) is 30.4. The molecule has 0 amide bonds. The van der Waals surface area contributed by atoms with E-state index in [0.29, 0.717) is 24.0 Å². The van der Waals surface area contributed by atoms with Gasteiger partial charge in [-0.15, -0.1) is 6.58 Å². The third-order valence-electron chi connectivity index (χ3n) is 8.89. The standard InChI is InChI=1S/C31H40N2O6/c1-6-20-19-33-15-11-21(20)16-26(33)28(23-10-14-32-25-9-8-22(36-4)17-24(23)25)38-29(35)31(18-27(34)37-5)13-7-12-30(2,3)39-31/h6,8-10,14,17,20-21,26,28H,1,7,11-13,15-16,18-19H2,2-5H3. The van der Waals surface area contributed by atoms with Crippen molar-refractivity contribution in [2.24, 2.45) is 11.8 Å². The minimum Gasteiger partial charge on any atom is -0.497 e. The summed E-state index contributed by atoms with van der Waals surface area (Å²) in [6.07, 6.45) is 6.99. The molecule has 0 radical (unpaired) electrons. The summed E-state index contributed by atoms with van der Waals surface area (Å²) >= 11 is 0. The van der Waals surface area contributed by atoms with Gasteiger partial charge in [-0.1, -0.05) is 6.08 Å². The average Bonchev–Trinajstić information content (AvgIpc) is 2.94. The number of aromatic nitrogens is 1. The van der Waals surface area contributed by atoms with Gasteiger partial charge in [0.2, 0.25) is 0 Å². The predicted molar refractivity (Wildman–Crippen MR) is 147 cm³/mol. The Hall–Kier alpha value is -2.97. The van der Waals surface area contributed by atoms with Crippen LogP contribution in [0.3, 0.4) is 0 Å². The molecule has 1 aromatic carbocycles. The Morgan fingerprint density at radius 2 is 2.08 bits per heavy atom. The van der Waals surface area contributed by atoms with Crippen LogP contribution in [-0.2, 0) is 23.8 Å². The zero-order chi connectivity index (χ0) is 27.8. The molecule has 0 aliphatic carbocycles. The number of piperidine rings is 3. The molecular weight excluding hydrogens is 496 g/mol. The average molecular weight is 537 g/mol. The van der Waals surface area contributed by atoms with Crippen molar-refractivity contribution < 1.29 is 28.5 Å². The van der Waals surface area contributed by atoms with E-state index in [2.05, 4.69) is 22.5 Å². The lowest BCUT2D eigenvalue weighted by molar-refractivity contribution is -0.219. The summed E-state index contributed by atoms with van der Waals surface area (Å²) in [5.74, 6) is 0.610. The molecule has 8 heteroatoms. The lowest BCUT2D eigenvalue weighted by Gasteiger charge is -2.51. The van der Waals surface area contributed by atoms with Gasteiger partial charge in [0.05, 0.1) is 37.8 Å². The maximum Gasteiger partial charge on any atom is 0.339 e. The number of pyridine rings is 1. The van der Waals surface area contributed by atoms with Crippen LogP contribution in [0.2, 0.25) is 0 Å². The number of carbonyl (C=O) groups is 2. The van der Waals surface area contributed by atoms with Crippen LogP contribution >= 0.6 is 0 Å². The number of hydrogen-bond acceptors (Lipinski definition) is 8. The molecule has 0 saturated carbocycles. The topological polar surface area (TPSA) is 87.2 Å². The largest absolute Gasteiger partial charge is 0.497 e. The second-order valence-electron chi connectivity index (χ2n) is 11.8. The van der Waals surface area contributed by atoms with Crippen molar-refractivity contribution in [2.45, 2.75) is 75.7 Å². The van der Waals surface area contributed by atoms with Crippen LogP contribution in [0.15, 0.2) is 43.1 Å². The van der Waals surface area contributed by atoms with Gasteiger partial charge < -0.3 is 18.9 Å². The van der Waals surface area contributed by atoms with Crippen molar-refractivity contribution in [3.05, 3.63) is 48.7 Å². The van der Waals surface area contributed by atoms with Crippen molar-refractivity contribution in [1.29, 1.82) is 0 Å². The fraction of sp³-hybridized carbons (Fsp3) is 0.581. The summed E-state index contributed by atoms with van der Waals surface area (Å²) in [5, 5.41) is 0.879. The molecule has 4 aliphatic rings. The predicted octanol–water partition coefficient (Wildman–Crippen LogP) is 5.01. The number of ether oxygens (including phenoxy) is 4. The molecule has 1 aromatic heterocycles. The van der Waals surface area contributed by atoms with E-state index in [1.165, 1.54) is 7.11 Å². The van der Waals surface area contributed by atoms with Crippen LogP contribution in [0.5, 0.6) is 5.75 Å². The number of esters is 2. The summed E-state index contributed by atoms with van der Waals surface area (Å²) in [7, 11) is 2.96. The van der Waals surface area contributed by atoms with Crippen LogP contribution in [0.1, 0.15) is 64.0 Å². The summed E-state index contributed by atoms with van der Waals surface area (Å²) in [6, 6.07) is 7.67. The van der Waals surface area contributed by atoms with Crippen LogP contribution in [0.25, 0.3) is 10.9 Å². The lowest BCUT2D eigenvalue weighted by atomic mass is 9.73. The Bertz CT molecular complexity index is 1240. The SMILES string of the molecule is C=CC1CN2CCC1CC2C(OC(=O)C1(CC(=O)OC)CCCC(C)(C)O1)c1ccnc2ccc(OC)cc12. The Morgan fingerprint density at radius 3 is 2.74 bits per heavy atom. The molecule has 4 fully saturated rings. The van der Waals surface area contributed by atoms with Gasteiger partial charge in [-0.05, 0) is 88.6 Å². The van der Waals surface area contributed by atoms with Crippen LogP contribution in [-0.4, -0.2) is 66.4 Å². The van der Waals surface area contributed by atoms with Crippen LogP contribution in [0.4, 0.5) is 0 Å². The second-order valence-corrected chi connectivity index (χ2v) is 11.8. The van der Waals surface area contributed by atoms with E-state index in [1.807, 2.05) is 38.1 Å². The molecular formula is C31H40N2O6. The zero-order valence-corrected chi connectivity index (χ0v) is 23.5. The number of methoxy groups -OCH3 is 2. The molecule has 8 nitrogen and oxygen atoms in total. The van der Waals surface area contributed by atoms with E-state index in [1.54, 1.807) is 13.3 Å². The molecule has 6 unspecified atom stereocenters. The van der Waals surface area contributed by atoms with Crippen LogP contribution < -0.4 is 4.74 Å². The summed E-state index contributed by atoms with van der Waals surface area (Å²) in [5.41, 5.74) is -0.292. The highest BCUT2D eigenvalue weighted by atomic mass is 16.6. The molecule has 6 atom stereocenters. The van der Waals surface area contributed by atoms with Crippen molar-refractivity contribution in [3.63, 3.8) is 0 Å². The Morgan fingerprint density at radius 1 is 1.26 bits per heavy atom. The number of fused-ring (bicyclic) bond motifs is 4. The van der Waals surface area contributed by atoms with E-state index in [-0.39, 0.29) is 12.5 Å². The number of benzene rings is 1. The van der Waals surface area contributed by atoms with E-state index in [4.69, 9.17) is 18.9 Å². The van der Waals surface area contributed by atoms with Crippen molar-refractivity contribution in [2.75, 3.05) is 27.3 Å². The van der Waals surface area contributed by atoms with Gasteiger partial charge in [0.1, 0.15) is 11.9 Å². The lowest BCUT2D eigenvalue weighted by Crippen LogP contribution is -2.57. The van der Waals surface area contributed by atoms with Gasteiger partial charge in [-0.2, -0.15) is 0 Å². The van der Waals surface area contributed by atoms with Gasteiger partial charge in [0, 0.05) is 23.7 Å². The van der Waals surface area contributed by atoms with Gasteiger partial charge in [-0.3, -0.25) is 14.7 Å². The third kappa shape index (κ3) is 5.41. The smallest absolute Gasteiger partial charge is 0.339 e. The first-order valence-corrected chi connectivity index (χ1v) is 14.0. The number of nitrogens with zero attached hydrogens (tertiary/aromatic N) is 2. The Kier molecular flexibility index (Phi) is 7.71. The zero-order valence-electron chi connectivity index (χ0n) is 23.5. The minimum atomic E-state index is -1.40. The van der Waals surface area contributed by atoms with Gasteiger partial charge in [-0.25, -0.2) is 4.79 Å². The fourth-order valence-electron chi connectivity index (χ4n) is 6.86. The molecule has 6 rings (SSSR count). The van der Waals surface area contributed by atoms with E-state index >= 15 is 0 Å². The Balaban J connectivity index is 1.57. The minimum absolute atomic E-state index is 0.0209. The Labute approximate surface area is 230 Å². The second kappa shape index (κ2) is 10.9. The van der Waals surface area contributed by atoms with Crippen molar-refractivity contribution in [3.8, 4) is 5.75 Å². The van der Waals surface area contributed by atoms with Gasteiger partial charge in [0.15, 0.2) is 5.60 Å². The summed E-state index contributed by atoms with van der Waals surface area (Å²) in [4.78, 5) is 33.8.